The molecule has 1 unspecified atom stereocenters. The third-order valence-electron chi connectivity index (χ3n) is 3.35. The van der Waals surface area contributed by atoms with E-state index >= 15 is 0 Å². The Hall–Kier alpha value is -2.20. The van der Waals surface area contributed by atoms with Gasteiger partial charge in [0.15, 0.2) is 5.78 Å². The van der Waals surface area contributed by atoms with Crippen LogP contribution in [0.4, 0.5) is 0 Å². The van der Waals surface area contributed by atoms with Crippen LogP contribution in [-0.2, 0) is 15.1 Å². The molecule has 98 valence electrons. The Morgan fingerprint density at radius 1 is 1.11 bits per heavy atom. The summed E-state index contributed by atoms with van der Waals surface area (Å²) >= 11 is 0. The molecule has 0 heterocycles. The molecule has 0 saturated heterocycles. The van der Waals surface area contributed by atoms with E-state index in [4.69, 9.17) is 11.5 Å². The van der Waals surface area contributed by atoms with Gasteiger partial charge in [-0.05, 0) is 29.3 Å². The summed E-state index contributed by atoms with van der Waals surface area (Å²) in [5, 5.41) is 2.02. The molecule has 0 aliphatic heterocycles. The second-order valence-electron chi connectivity index (χ2n) is 4.73. The van der Waals surface area contributed by atoms with E-state index in [2.05, 4.69) is 0 Å². The highest BCUT2D eigenvalue weighted by Gasteiger charge is 2.34. The van der Waals surface area contributed by atoms with Gasteiger partial charge in [-0.1, -0.05) is 36.4 Å². The molecule has 1 atom stereocenters. The smallest absolute Gasteiger partial charge is 0.220 e. The molecule has 0 radical (unpaired) electrons. The van der Waals surface area contributed by atoms with Crippen LogP contribution in [0.2, 0.25) is 0 Å². The van der Waals surface area contributed by atoms with E-state index in [0.29, 0.717) is 5.56 Å². The van der Waals surface area contributed by atoms with Gasteiger partial charge in [-0.2, -0.15) is 0 Å². The zero-order chi connectivity index (χ0) is 14.0. The molecule has 0 fully saturated rings. The van der Waals surface area contributed by atoms with E-state index < -0.39 is 11.4 Å². The number of carbonyl (C=O) groups excluding carboxylic acids is 2. The van der Waals surface area contributed by atoms with Crippen LogP contribution in [0.3, 0.4) is 0 Å². The van der Waals surface area contributed by atoms with Gasteiger partial charge in [-0.25, -0.2) is 0 Å². The number of nitrogens with two attached hydrogens (primary N) is 2. The minimum atomic E-state index is -1.35. The normalized spacial score (nSPS) is 14.0. The largest absolute Gasteiger partial charge is 0.370 e. The van der Waals surface area contributed by atoms with E-state index in [-0.39, 0.29) is 12.2 Å². The van der Waals surface area contributed by atoms with Crippen LogP contribution in [-0.4, -0.2) is 11.7 Å². The fourth-order valence-corrected chi connectivity index (χ4v) is 2.17. The molecule has 0 saturated carbocycles. The monoisotopic (exact) mass is 256 g/mol. The molecule has 2 aromatic carbocycles. The average molecular weight is 256 g/mol. The van der Waals surface area contributed by atoms with Crippen molar-refractivity contribution >= 4 is 22.5 Å². The highest BCUT2D eigenvalue weighted by molar-refractivity contribution is 5.94. The van der Waals surface area contributed by atoms with Crippen molar-refractivity contribution in [3.05, 3.63) is 48.0 Å². The van der Waals surface area contributed by atoms with Gasteiger partial charge in [0.25, 0.3) is 0 Å². The maximum absolute atomic E-state index is 11.8. The fraction of sp³-hybridized carbons (Fsp3) is 0.200. The lowest BCUT2D eigenvalue weighted by Crippen LogP contribution is -2.46. The third-order valence-corrected chi connectivity index (χ3v) is 3.35. The summed E-state index contributed by atoms with van der Waals surface area (Å²) in [5.41, 5.74) is 10.6. The molecule has 4 heteroatoms. The van der Waals surface area contributed by atoms with Crippen LogP contribution in [0.5, 0.6) is 0 Å². The number of fused-ring (bicyclic) bond motifs is 1. The van der Waals surface area contributed by atoms with Crippen LogP contribution in [0.1, 0.15) is 18.9 Å². The summed E-state index contributed by atoms with van der Waals surface area (Å²) in [4.78, 5) is 23.0. The van der Waals surface area contributed by atoms with Gasteiger partial charge in [0.05, 0.1) is 6.42 Å². The molecule has 4 N–H and O–H groups in total. The van der Waals surface area contributed by atoms with E-state index in [1.807, 2.05) is 36.4 Å². The Balaban J connectivity index is 2.56. The average Bonchev–Trinajstić information content (AvgIpc) is 2.37. The number of primary amides is 1. The lowest BCUT2D eigenvalue weighted by Gasteiger charge is -2.26. The summed E-state index contributed by atoms with van der Waals surface area (Å²) in [6.45, 7) is 1.37. The first-order valence-electron chi connectivity index (χ1n) is 6.01. The SMILES string of the molecule is CC(=O)C(N)(CC(N)=O)c1ccc2ccccc2c1. The van der Waals surface area contributed by atoms with E-state index in [9.17, 15) is 9.59 Å². The maximum atomic E-state index is 11.8. The lowest BCUT2D eigenvalue weighted by atomic mass is 9.83. The fourth-order valence-electron chi connectivity index (χ4n) is 2.17. The summed E-state index contributed by atoms with van der Waals surface area (Å²) in [7, 11) is 0. The highest BCUT2D eigenvalue weighted by Crippen LogP contribution is 2.26. The predicted molar refractivity (Wildman–Crippen MR) is 74.3 cm³/mol. The Kier molecular flexibility index (Phi) is 3.36. The molecule has 4 nitrogen and oxygen atoms in total. The topological polar surface area (TPSA) is 86.2 Å². The summed E-state index contributed by atoms with van der Waals surface area (Å²) in [5.74, 6) is -0.868. The minimum absolute atomic E-state index is 0.194. The van der Waals surface area contributed by atoms with Crippen molar-refractivity contribution in [2.75, 3.05) is 0 Å². The molecule has 0 bridgehead atoms. The van der Waals surface area contributed by atoms with Gasteiger partial charge in [0.2, 0.25) is 5.91 Å². The van der Waals surface area contributed by atoms with Crippen LogP contribution in [0.25, 0.3) is 10.8 Å². The molecule has 0 aliphatic rings. The van der Waals surface area contributed by atoms with Crippen molar-refractivity contribution in [3.8, 4) is 0 Å². The second-order valence-corrected chi connectivity index (χ2v) is 4.73. The second kappa shape index (κ2) is 4.82. The van der Waals surface area contributed by atoms with Crippen molar-refractivity contribution in [3.63, 3.8) is 0 Å². The lowest BCUT2D eigenvalue weighted by molar-refractivity contribution is -0.127. The van der Waals surface area contributed by atoms with Gasteiger partial charge in [-0.3, -0.25) is 9.59 Å². The number of carbonyl (C=O) groups is 2. The van der Waals surface area contributed by atoms with Crippen LogP contribution in [0, 0.1) is 0 Å². The Morgan fingerprint density at radius 2 is 1.74 bits per heavy atom. The molecule has 0 aliphatic carbocycles. The number of Topliss-reactive ketones (excluding diaryl/α,β-unsaturated/α-hetero) is 1. The van der Waals surface area contributed by atoms with Crippen molar-refractivity contribution < 1.29 is 9.59 Å². The Labute approximate surface area is 111 Å². The van der Waals surface area contributed by atoms with Crippen molar-refractivity contribution in [2.24, 2.45) is 11.5 Å². The van der Waals surface area contributed by atoms with E-state index in [1.54, 1.807) is 6.07 Å². The highest BCUT2D eigenvalue weighted by atomic mass is 16.1. The Bertz CT molecular complexity index is 651. The zero-order valence-corrected chi connectivity index (χ0v) is 10.7. The number of hydrogen-bond donors (Lipinski definition) is 2. The van der Waals surface area contributed by atoms with Gasteiger partial charge >= 0.3 is 0 Å². The van der Waals surface area contributed by atoms with Gasteiger partial charge in [-0.15, -0.1) is 0 Å². The minimum Gasteiger partial charge on any atom is -0.370 e. The van der Waals surface area contributed by atoms with Gasteiger partial charge in [0, 0.05) is 0 Å². The van der Waals surface area contributed by atoms with E-state index in [0.717, 1.165) is 10.8 Å². The van der Waals surface area contributed by atoms with Crippen LogP contribution >= 0.6 is 0 Å². The molecule has 0 spiro atoms. The number of benzene rings is 2. The molecule has 2 rings (SSSR count). The van der Waals surface area contributed by atoms with Crippen LogP contribution in [0.15, 0.2) is 42.5 Å². The van der Waals surface area contributed by atoms with Gasteiger partial charge in [0.1, 0.15) is 5.54 Å². The molecular formula is C15H16N2O2. The molecule has 1 amide bonds. The summed E-state index contributed by atoms with van der Waals surface area (Å²) in [6.07, 6.45) is -0.194. The predicted octanol–water partition coefficient (Wildman–Crippen LogP) is 1.46. The number of ketones is 1. The van der Waals surface area contributed by atoms with E-state index in [1.165, 1.54) is 6.92 Å². The first-order chi connectivity index (χ1) is 8.93. The molecule has 19 heavy (non-hydrogen) atoms. The molecule has 2 aromatic rings. The maximum Gasteiger partial charge on any atom is 0.220 e. The molecular weight excluding hydrogens is 240 g/mol. The summed E-state index contributed by atoms with van der Waals surface area (Å²) in [6, 6.07) is 13.2. The number of amides is 1. The van der Waals surface area contributed by atoms with Gasteiger partial charge < -0.3 is 11.5 Å². The number of rotatable bonds is 4. The zero-order valence-electron chi connectivity index (χ0n) is 10.7. The number of hydrogen-bond acceptors (Lipinski definition) is 3. The van der Waals surface area contributed by atoms with Crippen LogP contribution < -0.4 is 11.5 Å². The standard InChI is InChI=1S/C15H16N2O2/c1-10(18)15(17,9-14(16)19)13-7-6-11-4-2-3-5-12(11)8-13/h2-8H,9,17H2,1H3,(H2,16,19). The van der Waals surface area contributed by atoms with Crippen molar-refractivity contribution in [1.29, 1.82) is 0 Å². The molecule has 0 aromatic heterocycles. The van der Waals surface area contributed by atoms with Crippen molar-refractivity contribution in [1.82, 2.24) is 0 Å². The van der Waals surface area contributed by atoms with Crippen molar-refractivity contribution in [2.45, 2.75) is 18.9 Å². The first kappa shape index (κ1) is 13.2. The summed E-state index contributed by atoms with van der Waals surface area (Å²) < 4.78 is 0. The third kappa shape index (κ3) is 2.48. The quantitative estimate of drug-likeness (QED) is 0.868. The first-order valence-corrected chi connectivity index (χ1v) is 6.01. The Morgan fingerprint density at radius 3 is 2.32 bits per heavy atom.